The van der Waals surface area contributed by atoms with Crippen molar-refractivity contribution in [2.75, 3.05) is 18.6 Å². The van der Waals surface area contributed by atoms with Crippen LogP contribution in [0.3, 0.4) is 0 Å². The van der Waals surface area contributed by atoms with Gasteiger partial charge >= 0.3 is 0 Å². The predicted octanol–water partition coefficient (Wildman–Crippen LogP) is 3.16. The van der Waals surface area contributed by atoms with E-state index < -0.39 is 16.1 Å². The molecule has 26 heavy (non-hydrogen) atoms. The Morgan fingerprint density at radius 2 is 2.00 bits per heavy atom. The molecule has 0 saturated carbocycles. The molecule has 5 nitrogen and oxygen atoms in total. The fraction of sp³-hybridized carbons (Fsp3) is 0.353. The van der Waals surface area contributed by atoms with Crippen LogP contribution in [-0.2, 0) is 21.2 Å². The van der Waals surface area contributed by atoms with Crippen molar-refractivity contribution in [1.29, 1.82) is 0 Å². The summed E-state index contributed by atoms with van der Waals surface area (Å²) in [7, 11) is -3.80. The Labute approximate surface area is 167 Å². The van der Waals surface area contributed by atoms with Crippen LogP contribution in [0.5, 0.6) is 0 Å². The highest BCUT2D eigenvalue weighted by atomic mass is 35.5. The number of hydrogen-bond acceptors (Lipinski definition) is 5. The minimum absolute atomic E-state index is 0.0856. The van der Waals surface area contributed by atoms with E-state index in [9.17, 15) is 13.2 Å². The van der Waals surface area contributed by atoms with E-state index >= 15 is 0 Å². The quantitative estimate of drug-likeness (QED) is 0.604. The average Bonchev–Trinajstić information content (AvgIpc) is 3.12. The number of rotatable bonds is 10. The van der Waals surface area contributed by atoms with Crippen molar-refractivity contribution >= 4 is 50.6 Å². The SMILES string of the molecule is CSCCC(NS(=O)(=O)c1ccc(Cl)cc1)C(=O)NCCc1cccs1. The molecule has 1 aromatic carbocycles. The Morgan fingerprint density at radius 1 is 1.27 bits per heavy atom. The first kappa shape index (κ1) is 21.2. The summed E-state index contributed by atoms with van der Waals surface area (Å²) in [6.45, 7) is 0.470. The predicted molar refractivity (Wildman–Crippen MR) is 110 cm³/mol. The molecule has 1 heterocycles. The van der Waals surface area contributed by atoms with Crippen LogP contribution in [0.2, 0.25) is 5.02 Å². The zero-order valence-electron chi connectivity index (χ0n) is 14.3. The molecule has 1 unspecified atom stereocenters. The third-order valence-electron chi connectivity index (χ3n) is 3.60. The number of amides is 1. The Hall–Kier alpha value is -1.06. The van der Waals surface area contributed by atoms with Crippen LogP contribution in [0.15, 0.2) is 46.7 Å². The van der Waals surface area contributed by atoms with Gasteiger partial charge in [-0.25, -0.2) is 8.42 Å². The fourth-order valence-electron chi connectivity index (χ4n) is 2.24. The van der Waals surface area contributed by atoms with Crippen LogP contribution >= 0.6 is 34.7 Å². The summed E-state index contributed by atoms with van der Waals surface area (Å²) in [4.78, 5) is 13.7. The second-order valence-electron chi connectivity index (χ2n) is 5.53. The van der Waals surface area contributed by atoms with Gasteiger partial charge in [-0.1, -0.05) is 17.7 Å². The van der Waals surface area contributed by atoms with Gasteiger partial charge in [-0.05, 0) is 60.6 Å². The van der Waals surface area contributed by atoms with Crippen molar-refractivity contribution < 1.29 is 13.2 Å². The minimum Gasteiger partial charge on any atom is -0.354 e. The second kappa shape index (κ2) is 10.3. The second-order valence-corrected chi connectivity index (χ2v) is 9.70. The van der Waals surface area contributed by atoms with Crippen molar-refractivity contribution in [3.63, 3.8) is 0 Å². The molecule has 0 fully saturated rings. The first-order chi connectivity index (χ1) is 12.4. The Balaban J connectivity index is 2.00. The maximum Gasteiger partial charge on any atom is 0.241 e. The number of nitrogens with one attached hydrogen (secondary N) is 2. The molecule has 1 amide bonds. The van der Waals surface area contributed by atoms with Gasteiger partial charge in [0, 0.05) is 16.4 Å². The molecular formula is C17H21ClN2O3S3. The maximum absolute atomic E-state index is 12.5. The summed E-state index contributed by atoms with van der Waals surface area (Å²) in [6, 6.07) is 9.01. The molecule has 2 N–H and O–H groups in total. The van der Waals surface area contributed by atoms with E-state index in [2.05, 4.69) is 10.0 Å². The van der Waals surface area contributed by atoms with Crippen LogP contribution in [0.1, 0.15) is 11.3 Å². The first-order valence-electron chi connectivity index (χ1n) is 7.99. The van der Waals surface area contributed by atoms with E-state index in [-0.39, 0.29) is 10.8 Å². The first-order valence-corrected chi connectivity index (χ1v) is 12.1. The van der Waals surface area contributed by atoms with Crippen LogP contribution in [0.4, 0.5) is 0 Å². The van der Waals surface area contributed by atoms with Crippen LogP contribution in [-0.4, -0.2) is 38.9 Å². The summed E-state index contributed by atoms with van der Waals surface area (Å²) in [5, 5.41) is 5.26. The Morgan fingerprint density at radius 3 is 2.62 bits per heavy atom. The molecular weight excluding hydrogens is 412 g/mol. The third kappa shape index (κ3) is 6.59. The molecule has 2 rings (SSSR count). The van der Waals surface area contributed by atoms with E-state index in [1.807, 2.05) is 23.8 Å². The summed E-state index contributed by atoms with van der Waals surface area (Å²) in [6.07, 6.45) is 3.06. The third-order valence-corrected chi connectivity index (χ3v) is 6.92. The van der Waals surface area contributed by atoms with Crippen LogP contribution in [0, 0.1) is 0 Å². The Kier molecular flexibility index (Phi) is 8.43. The van der Waals surface area contributed by atoms with E-state index in [1.165, 1.54) is 29.1 Å². The highest BCUT2D eigenvalue weighted by molar-refractivity contribution is 7.98. The normalized spacial score (nSPS) is 12.7. The van der Waals surface area contributed by atoms with Gasteiger partial charge in [0.25, 0.3) is 0 Å². The van der Waals surface area contributed by atoms with Gasteiger partial charge in [-0.3, -0.25) is 4.79 Å². The van der Waals surface area contributed by atoms with Gasteiger partial charge in [-0.2, -0.15) is 16.5 Å². The molecule has 0 aliphatic carbocycles. The number of carbonyl (C=O) groups is 1. The monoisotopic (exact) mass is 432 g/mol. The minimum atomic E-state index is -3.80. The molecule has 9 heteroatoms. The van der Waals surface area contributed by atoms with E-state index in [1.54, 1.807) is 23.1 Å². The largest absolute Gasteiger partial charge is 0.354 e. The summed E-state index contributed by atoms with van der Waals surface area (Å²) in [5.74, 6) is 0.361. The number of benzene rings is 1. The number of thioether (sulfide) groups is 1. The molecule has 0 bridgehead atoms. The Bertz CT molecular complexity index is 793. The zero-order chi connectivity index (χ0) is 19.0. The van der Waals surface area contributed by atoms with Gasteiger partial charge in [0.05, 0.1) is 4.90 Å². The average molecular weight is 433 g/mol. The van der Waals surface area contributed by atoms with Crippen molar-refractivity contribution in [3.05, 3.63) is 51.7 Å². The highest BCUT2D eigenvalue weighted by Gasteiger charge is 2.25. The molecule has 0 aliphatic rings. The van der Waals surface area contributed by atoms with Gasteiger partial charge in [-0.15, -0.1) is 11.3 Å². The molecule has 0 aliphatic heterocycles. The summed E-state index contributed by atoms with van der Waals surface area (Å²) < 4.78 is 27.6. The summed E-state index contributed by atoms with van der Waals surface area (Å²) >= 11 is 9.00. The maximum atomic E-state index is 12.5. The van der Waals surface area contributed by atoms with E-state index in [0.717, 1.165) is 6.42 Å². The molecule has 0 saturated heterocycles. The van der Waals surface area contributed by atoms with Gasteiger partial charge < -0.3 is 5.32 Å². The summed E-state index contributed by atoms with van der Waals surface area (Å²) in [5.41, 5.74) is 0. The molecule has 0 spiro atoms. The molecule has 0 radical (unpaired) electrons. The van der Waals surface area contributed by atoms with Gasteiger partial charge in [0.1, 0.15) is 6.04 Å². The lowest BCUT2D eigenvalue weighted by molar-refractivity contribution is -0.122. The lowest BCUT2D eigenvalue weighted by atomic mass is 10.2. The highest BCUT2D eigenvalue weighted by Crippen LogP contribution is 2.15. The number of sulfonamides is 1. The van der Waals surface area contributed by atoms with Crippen molar-refractivity contribution in [2.45, 2.75) is 23.8 Å². The van der Waals surface area contributed by atoms with E-state index in [4.69, 9.17) is 11.6 Å². The smallest absolute Gasteiger partial charge is 0.241 e. The zero-order valence-corrected chi connectivity index (χ0v) is 17.5. The van der Waals surface area contributed by atoms with Crippen LogP contribution < -0.4 is 10.0 Å². The fourth-order valence-corrected chi connectivity index (χ4v) is 4.77. The van der Waals surface area contributed by atoms with Gasteiger partial charge in [0.2, 0.25) is 15.9 Å². The topological polar surface area (TPSA) is 75.3 Å². The molecule has 142 valence electrons. The standard InChI is InChI=1S/C17H21ClN2O3S3/c1-24-12-9-16(17(21)19-10-8-14-3-2-11-25-14)20-26(22,23)15-6-4-13(18)5-7-15/h2-7,11,16,20H,8-10,12H2,1H3,(H,19,21). The molecule has 2 aromatic rings. The number of hydrogen-bond donors (Lipinski definition) is 2. The number of thiophene rings is 1. The molecule has 1 aromatic heterocycles. The van der Waals surface area contributed by atoms with Crippen molar-refractivity contribution in [2.24, 2.45) is 0 Å². The van der Waals surface area contributed by atoms with Crippen LogP contribution in [0.25, 0.3) is 0 Å². The lowest BCUT2D eigenvalue weighted by Gasteiger charge is -2.18. The lowest BCUT2D eigenvalue weighted by Crippen LogP contribution is -2.47. The number of carbonyl (C=O) groups excluding carboxylic acids is 1. The van der Waals surface area contributed by atoms with E-state index in [0.29, 0.717) is 23.7 Å². The van der Waals surface area contributed by atoms with Crippen molar-refractivity contribution in [1.82, 2.24) is 10.0 Å². The van der Waals surface area contributed by atoms with Crippen molar-refractivity contribution in [3.8, 4) is 0 Å². The number of halogens is 1. The van der Waals surface area contributed by atoms with Gasteiger partial charge in [0.15, 0.2) is 0 Å². The molecule has 1 atom stereocenters.